The minimum atomic E-state index is -1.60. The summed E-state index contributed by atoms with van der Waals surface area (Å²) in [7, 11) is 0. The van der Waals surface area contributed by atoms with Crippen molar-refractivity contribution in [3.8, 4) is 0 Å². The molecule has 1 heterocycles. The molecule has 6 atom stereocenters. The topological polar surface area (TPSA) is 152 Å². The second kappa shape index (κ2) is 38.1. The molecule has 1 rings (SSSR count). The van der Waals surface area contributed by atoms with E-state index in [0.717, 1.165) is 44.9 Å². The Morgan fingerprint density at radius 1 is 0.544 bits per heavy atom. The number of carbonyl (C=O) groups is 2. The molecule has 0 aromatic heterocycles. The van der Waals surface area contributed by atoms with Crippen LogP contribution in [0.15, 0.2) is 36.5 Å². The van der Waals surface area contributed by atoms with Crippen molar-refractivity contribution >= 4 is 11.9 Å². The summed E-state index contributed by atoms with van der Waals surface area (Å²) in [6.07, 6.45) is 35.9. The lowest BCUT2D eigenvalue weighted by Gasteiger charge is -2.39. The molecule has 2 unspecified atom stereocenters. The van der Waals surface area contributed by atoms with Crippen LogP contribution in [0.2, 0.25) is 0 Å². The van der Waals surface area contributed by atoms with Gasteiger partial charge in [0.2, 0.25) is 0 Å². The first-order chi connectivity index (χ1) is 27.8. The number of unbranched alkanes of at least 4 members (excludes halogenated alkanes) is 21. The molecule has 1 aliphatic rings. The van der Waals surface area contributed by atoms with Crippen LogP contribution in [0.25, 0.3) is 0 Å². The zero-order valence-electron chi connectivity index (χ0n) is 36.1. The van der Waals surface area contributed by atoms with E-state index >= 15 is 0 Å². The molecule has 0 amide bonds. The Balaban J connectivity index is 2.36. The van der Waals surface area contributed by atoms with E-state index in [-0.39, 0.29) is 26.1 Å². The van der Waals surface area contributed by atoms with Crippen LogP contribution in [0.4, 0.5) is 0 Å². The molecule has 332 valence electrons. The molecule has 1 aliphatic heterocycles. The van der Waals surface area contributed by atoms with Gasteiger partial charge in [0.25, 0.3) is 0 Å². The Bertz CT molecular complexity index is 1030. The first kappa shape index (κ1) is 52.9. The Hall–Kier alpha value is -2.08. The molecule has 1 fully saturated rings. The molecule has 0 spiro atoms. The first-order valence-corrected chi connectivity index (χ1v) is 23.1. The molecule has 57 heavy (non-hydrogen) atoms. The molecule has 0 bridgehead atoms. The van der Waals surface area contributed by atoms with Gasteiger partial charge < -0.3 is 39.4 Å². The van der Waals surface area contributed by atoms with Gasteiger partial charge in [-0.05, 0) is 64.2 Å². The molecule has 10 nitrogen and oxygen atoms in total. The zero-order valence-corrected chi connectivity index (χ0v) is 36.1. The summed E-state index contributed by atoms with van der Waals surface area (Å²) in [4.78, 5) is 25.3. The quantitative estimate of drug-likeness (QED) is 0.0270. The van der Waals surface area contributed by atoms with Crippen molar-refractivity contribution in [3.63, 3.8) is 0 Å². The highest BCUT2D eigenvalue weighted by Gasteiger charge is 2.44. The molecule has 0 aliphatic carbocycles. The number of hydrogen-bond acceptors (Lipinski definition) is 10. The van der Waals surface area contributed by atoms with E-state index in [1.165, 1.54) is 109 Å². The van der Waals surface area contributed by atoms with Crippen molar-refractivity contribution < 1.29 is 49.0 Å². The Morgan fingerprint density at radius 2 is 1.00 bits per heavy atom. The highest BCUT2D eigenvalue weighted by molar-refractivity contribution is 5.70. The summed E-state index contributed by atoms with van der Waals surface area (Å²) in [5.74, 6) is -0.875. The lowest BCUT2D eigenvalue weighted by molar-refractivity contribution is -0.305. The third-order valence-corrected chi connectivity index (χ3v) is 10.5. The van der Waals surface area contributed by atoms with Gasteiger partial charge in [-0.2, -0.15) is 0 Å². The number of aliphatic hydroxyl groups excluding tert-OH is 4. The van der Waals surface area contributed by atoms with E-state index in [0.29, 0.717) is 12.8 Å². The van der Waals surface area contributed by atoms with Gasteiger partial charge in [-0.25, -0.2) is 0 Å². The maximum Gasteiger partial charge on any atom is 0.306 e. The van der Waals surface area contributed by atoms with E-state index in [2.05, 4.69) is 50.3 Å². The molecule has 0 radical (unpaired) electrons. The number of allylic oxidation sites excluding steroid dienone is 6. The summed E-state index contributed by atoms with van der Waals surface area (Å²) < 4.78 is 22.1. The predicted octanol–water partition coefficient (Wildman–Crippen LogP) is 9.89. The molecule has 10 heteroatoms. The van der Waals surface area contributed by atoms with Crippen LogP contribution in [0.5, 0.6) is 0 Å². The van der Waals surface area contributed by atoms with Gasteiger partial charge in [0.15, 0.2) is 12.4 Å². The number of ether oxygens (including phenoxy) is 4. The molecule has 0 saturated carbocycles. The molecule has 0 aromatic carbocycles. The highest BCUT2D eigenvalue weighted by Crippen LogP contribution is 2.22. The monoisotopic (exact) mass is 809 g/mol. The standard InChI is InChI=1S/C47H84O10/c1-3-5-7-9-11-13-15-17-19-20-22-23-25-27-29-31-33-35-42(49)54-38-40(39-55-47-46(53)45(52)44(51)41(37-48)57-47)56-43(50)36-34-32-30-28-26-24-21-18-16-14-12-10-8-6-4-2/h22-24,26-27,29,40-41,44-48,51-53H,3-21,25,28,30-39H2,1-2H3/b23-22+,26-24+,29-27+/t40-,41-,44+,45?,46?,47-/m0/s1. The highest BCUT2D eigenvalue weighted by atomic mass is 16.7. The van der Waals surface area contributed by atoms with Gasteiger partial charge in [0.1, 0.15) is 31.0 Å². The maximum atomic E-state index is 12.8. The predicted molar refractivity (Wildman–Crippen MR) is 229 cm³/mol. The van der Waals surface area contributed by atoms with Gasteiger partial charge in [-0.15, -0.1) is 0 Å². The van der Waals surface area contributed by atoms with Gasteiger partial charge in [-0.3, -0.25) is 9.59 Å². The summed E-state index contributed by atoms with van der Waals surface area (Å²) in [5.41, 5.74) is 0. The van der Waals surface area contributed by atoms with Crippen LogP contribution in [-0.2, 0) is 28.5 Å². The minimum absolute atomic E-state index is 0.202. The fourth-order valence-electron chi connectivity index (χ4n) is 6.81. The van der Waals surface area contributed by atoms with E-state index in [1.54, 1.807) is 0 Å². The van der Waals surface area contributed by atoms with Gasteiger partial charge in [0, 0.05) is 12.8 Å². The molecule has 1 saturated heterocycles. The van der Waals surface area contributed by atoms with Crippen molar-refractivity contribution in [1.82, 2.24) is 0 Å². The summed E-state index contributed by atoms with van der Waals surface area (Å²) in [5, 5.41) is 40.1. The van der Waals surface area contributed by atoms with Crippen molar-refractivity contribution in [2.75, 3.05) is 19.8 Å². The van der Waals surface area contributed by atoms with Crippen LogP contribution >= 0.6 is 0 Å². The largest absolute Gasteiger partial charge is 0.462 e. The number of hydrogen-bond donors (Lipinski definition) is 4. The fourth-order valence-corrected chi connectivity index (χ4v) is 6.81. The van der Waals surface area contributed by atoms with E-state index in [9.17, 15) is 30.0 Å². The van der Waals surface area contributed by atoms with Crippen molar-refractivity contribution in [2.45, 2.75) is 230 Å². The number of esters is 2. The molecular weight excluding hydrogens is 725 g/mol. The number of carbonyl (C=O) groups excluding carboxylic acids is 2. The minimum Gasteiger partial charge on any atom is -0.462 e. The van der Waals surface area contributed by atoms with Gasteiger partial charge in [-0.1, -0.05) is 153 Å². The average molecular weight is 809 g/mol. The SMILES string of the molecule is CCCCCCCCCC/C=C/CCCCCC(=O)O[C@@H](COC(=O)CCC/C=C/C/C=C/CCCCCCCCCCC)CO[C@H]1O[C@@H](CO)[C@@H](O)C(O)C1O. The normalized spacial score (nSPS) is 20.6. The smallest absolute Gasteiger partial charge is 0.306 e. The summed E-state index contributed by atoms with van der Waals surface area (Å²) in [6.45, 7) is 3.37. The van der Waals surface area contributed by atoms with Crippen LogP contribution in [0.3, 0.4) is 0 Å². The van der Waals surface area contributed by atoms with Crippen LogP contribution in [-0.4, -0.2) is 89.0 Å². The van der Waals surface area contributed by atoms with Gasteiger partial charge in [0.05, 0.1) is 13.2 Å². The van der Waals surface area contributed by atoms with Gasteiger partial charge >= 0.3 is 11.9 Å². The second-order valence-corrected chi connectivity index (χ2v) is 15.8. The maximum absolute atomic E-state index is 12.8. The van der Waals surface area contributed by atoms with Crippen LogP contribution < -0.4 is 0 Å². The third-order valence-electron chi connectivity index (χ3n) is 10.5. The third kappa shape index (κ3) is 29.7. The second-order valence-electron chi connectivity index (χ2n) is 15.8. The summed E-state index contributed by atoms with van der Waals surface area (Å²) >= 11 is 0. The van der Waals surface area contributed by atoms with E-state index < -0.39 is 55.4 Å². The lowest BCUT2D eigenvalue weighted by Crippen LogP contribution is -2.59. The van der Waals surface area contributed by atoms with Crippen LogP contribution in [0, 0.1) is 0 Å². The average Bonchev–Trinajstić information content (AvgIpc) is 3.21. The number of aliphatic hydroxyl groups is 4. The Labute approximate surface area is 346 Å². The van der Waals surface area contributed by atoms with Crippen molar-refractivity contribution in [2.24, 2.45) is 0 Å². The zero-order chi connectivity index (χ0) is 41.6. The van der Waals surface area contributed by atoms with E-state index in [1.807, 2.05) is 0 Å². The Morgan fingerprint density at radius 3 is 1.53 bits per heavy atom. The summed E-state index contributed by atoms with van der Waals surface area (Å²) in [6, 6.07) is 0. The first-order valence-electron chi connectivity index (χ1n) is 23.1. The lowest BCUT2D eigenvalue weighted by atomic mass is 9.99. The fraction of sp³-hybridized carbons (Fsp3) is 0.830. The number of rotatable bonds is 38. The van der Waals surface area contributed by atoms with Crippen LogP contribution in [0.1, 0.15) is 194 Å². The molecule has 0 aromatic rings. The molecular formula is C47H84O10. The van der Waals surface area contributed by atoms with E-state index in [4.69, 9.17) is 18.9 Å². The van der Waals surface area contributed by atoms with Crippen molar-refractivity contribution in [1.29, 1.82) is 0 Å². The Kier molecular flexibility index (Phi) is 35.4. The molecule has 4 N–H and O–H groups in total. The van der Waals surface area contributed by atoms with Crippen molar-refractivity contribution in [3.05, 3.63) is 36.5 Å².